The first-order valence-electron chi connectivity index (χ1n) is 8.41. The normalized spacial score (nSPS) is 10.6. The predicted octanol–water partition coefficient (Wildman–Crippen LogP) is 5.45. The number of amides is 2. The molecule has 5 nitrogen and oxygen atoms in total. The summed E-state index contributed by atoms with van der Waals surface area (Å²) < 4.78 is 0.947. The molecule has 0 aliphatic heterocycles. The number of carbonyl (C=O) groups excluding carboxylic acids is 2. The highest BCUT2D eigenvalue weighted by molar-refractivity contribution is 7.21. The van der Waals surface area contributed by atoms with E-state index in [-0.39, 0.29) is 11.8 Å². The van der Waals surface area contributed by atoms with Crippen molar-refractivity contribution in [3.63, 3.8) is 0 Å². The molecular formula is C21H14ClN3O2S. The summed E-state index contributed by atoms with van der Waals surface area (Å²) in [5.41, 5.74) is 1.59. The smallest absolute Gasteiger partial charge is 0.267 e. The van der Waals surface area contributed by atoms with Crippen LogP contribution in [-0.2, 0) is 0 Å². The van der Waals surface area contributed by atoms with E-state index < -0.39 is 0 Å². The molecule has 0 saturated carbocycles. The van der Waals surface area contributed by atoms with Crippen LogP contribution in [-0.4, -0.2) is 16.8 Å². The molecule has 7 heteroatoms. The van der Waals surface area contributed by atoms with E-state index in [1.807, 2.05) is 24.3 Å². The van der Waals surface area contributed by atoms with E-state index in [9.17, 15) is 9.59 Å². The molecular weight excluding hydrogens is 394 g/mol. The third-order valence-corrected chi connectivity index (χ3v) is 5.74. The lowest BCUT2D eigenvalue weighted by molar-refractivity contribution is 0.101. The first-order valence-corrected chi connectivity index (χ1v) is 9.61. The third kappa shape index (κ3) is 3.74. The molecule has 138 valence electrons. The summed E-state index contributed by atoms with van der Waals surface area (Å²) in [6.07, 6.45) is 3.20. The summed E-state index contributed by atoms with van der Waals surface area (Å²) in [4.78, 5) is 29.5. The third-order valence-electron chi connectivity index (χ3n) is 4.06. The second-order valence-corrected chi connectivity index (χ2v) is 7.40. The maximum absolute atomic E-state index is 12.7. The number of anilines is 2. The van der Waals surface area contributed by atoms with Gasteiger partial charge in [0.05, 0.1) is 5.02 Å². The number of hydrogen-bond donors (Lipinski definition) is 2. The molecule has 0 aliphatic rings. The number of thiophene rings is 1. The number of hydrogen-bond acceptors (Lipinski definition) is 4. The van der Waals surface area contributed by atoms with Crippen LogP contribution in [0, 0.1) is 0 Å². The van der Waals surface area contributed by atoms with Crippen LogP contribution in [0.25, 0.3) is 10.1 Å². The van der Waals surface area contributed by atoms with Crippen LogP contribution in [0.15, 0.2) is 73.1 Å². The van der Waals surface area contributed by atoms with Gasteiger partial charge >= 0.3 is 0 Å². The Kier molecular flexibility index (Phi) is 5.06. The van der Waals surface area contributed by atoms with Crippen molar-refractivity contribution in [3.8, 4) is 0 Å². The van der Waals surface area contributed by atoms with Crippen LogP contribution in [0.4, 0.5) is 11.4 Å². The number of aromatic nitrogens is 1. The highest BCUT2D eigenvalue weighted by atomic mass is 35.5. The van der Waals surface area contributed by atoms with E-state index in [4.69, 9.17) is 11.6 Å². The number of rotatable bonds is 4. The maximum Gasteiger partial charge on any atom is 0.267 e. The minimum atomic E-state index is -0.308. The van der Waals surface area contributed by atoms with Crippen molar-refractivity contribution in [1.29, 1.82) is 0 Å². The summed E-state index contributed by atoms with van der Waals surface area (Å²) in [5.74, 6) is -0.583. The molecule has 2 aromatic heterocycles. The fraction of sp³-hybridized carbons (Fsp3) is 0. The average molecular weight is 408 g/mol. The molecule has 4 rings (SSSR count). The Hall–Kier alpha value is -3.22. The van der Waals surface area contributed by atoms with Crippen molar-refractivity contribution in [1.82, 2.24) is 4.98 Å². The second-order valence-electron chi connectivity index (χ2n) is 5.97. The van der Waals surface area contributed by atoms with Gasteiger partial charge in [-0.2, -0.15) is 0 Å². The van der Waals surface area contributed by atoms with Gasteiger partial charge in [0.1, 0.15) is 4.88 Å². The number of nitrogens with zero attached hydrogens (tertiary/aromatic N) is 1. The number of nitrogens with one attached hydrogen (secondary N) is 2. The second kappa shape index (κ2) is 7.80. The van der Waals surface area contributed by atoms with Crippen molar-refractivity contribution < 1.29 is 9.59 Å². The van der Waals surface area contributed by atoms with Gasteiger partial charge in [-0.15, -0.1) is 11.3 Å². The largest absolute Gasteiger partial charge is 0.322 e. The SMILES string of the molecule is O=C(Nc1ccncc1)c1cccc(NC(=O)c2sc3ccccc3c2Cl)c1. The molecule has 4 aromatic rings. The molecule has 0 atom stereocenters. The Bertz CT molecular complexity index is 1170. The maximum atomic E-state index is 12.7. The minimum absolute atomic E-state index is 0.276. The fourth-order valence-corrected chi connectivity index (χ4v) is 4.14. The lowest BCUT2D eigenvalue weighted by Gasteiger charge is -2.08. The lowest BCUT2D eigenvalue weighted by atomic mass is 10.2. The topological polar surface area (TPSA) is 71.1 Å². The quantitative estimate of drug-likeness (QED) is 0.472. The Morgan fingerprint density at radius 2 is 1.61 bits per heavy atom. The van der Waals surface area contributed by atoms with Gasteiger partial charge < -0.3 is 10.6 Å². The first kappa shape index (κ1) is 18.2. The first-order chi connectivity index (χ1) is 13.6. The summed E-state index contributed by atoms with van der Waals surface area (Å²) in [7, 11) is 0. The van der Waals surface area contributed by atoms with Crippen molar-refractivity contribution in [3.05, 3.63) is 88.5 Å². The van der Waals surface area contributed by atoms with E-state index in [0.29, 0.717) is 26.8 Å². The van der Waals surface area contributed by atoms with Crippen molar-refractivity contribution in [2.45, 2.75) is 0 Å². The molecule has 28 heavy (non-hydrogen) atoms. The van der Waals surface area contributed by atoms with Gasteiger partial charge in [-0.3, -0.25) is 14.6 Å². The van der Waals surface area contributed by atoms with Crippen LogP contribution < -0.4 is 10.6 Å². The Balaban J connectivity index is 1.53. The summed E-state index contributed by atoms with van der Waals surface area (Å²) >= 11 is 7.70. The predicted molar refractivity (Wildman–Crippen MR) is 113 cm³/mol. The van der Waals surface area contributed by atoms with E-state index in [0.717, 1.165) is 10.1 Å². The van der Waals surface area contributed by atoms with Crippen LogP contribution >= 0.6 is 22.9 Å². The van der Waals surface area contributed by atoms with Crippen LogP contribution in [0.2, 0.25) is 5.02 Å². The summed E-state index contributed by atoms with van der Waals surface area (Å²) in [5, 5.41) is 6.89. The fourth-order valence-electron chi connectivity index (χ4n) is 2.72. The number of pyridine rings is 1. The van der Waals surface area contributed by atoms with Gasteiger partial charge in [0, 0.05) is 39.4 Å². The molecule has 0 radical (unpaired) electrons. The molecule has 0 saturated heterocycles. The zero-order valence-electron chi connectivity index (χ0n) is 14.5. The van der Waals surface area contributed by atoms with Gasteiger partial charge in [-0.05, 0) is 36.4 Å². The number of benzene rings is 2. The van der Waals surface area contributed by atoms with Gasteiger partial charge in [0.25, 0.3) is 11.8 Å². The molecule has 2 N–H and O–H groups in total. The van der Waals surface area contributed by atoms with E-state index in [1.165, 1.54) is 11.3 Å². The van der Waals surface area contributed by atoms with Gasteiger partial charge in [-0.25, -0.2) is 0 Å². The van der Waals surface area contributed by atoms with Crippen molar-refractivity contribution in [2.75, 3.05) is 10.6 Å². The highest BCUT2D eigenvalue weighted by Crippen LogP contribution is 2.35. The zero-order valence-corrected chi connectivity index (χ0v) is 16.1. The number of fused-ring (bicyclic) bond motifs is 1. The molecule has 0 unspecified atom stereocenters. The van der Waals surface area contributed by atoms with E-state index >= 15 is 0 Å². The number of carbonyl (C=O) groups is 2. The lowest BCUT2D eigenvalue weighted by Crippen LogP contribution is -2.14. The zero-order chi connectivity index (χ0) is 19.5. The molecule has 0 aliphatic carbocycles. The minimum Gasteiger partial charge on any atom is -0.322 e. The molecule has 0 spiro atoms. The highest BCUT2D eigenvalue weighted by Gasteiger charge is 2.17. The average Bonchev–Trinajstić information content (AvgIpc) is 3.06. The standard InChI is InChI=1S/C21H14ClN3O2S/c22-18-16-6-1-2-7-17(16)28-19(18)21(27)25-15-5-3-4-13(12-15)20(26)24-14-8-10-23-11-9-14/h1-12H,(H,25,27)(H,23,24,26). The molecule has 0 fully saturated rings. The Morgan fingerprint density at radius 3 is 2.39 bits per heavy atom. The Labute approximate surface area is 170 Å². The van der Waals surface area contributed by atoms with Gasteiger partial charge in [-0.1, -0.05) is 35.9 Å². The van der Waals surface area contributed by atoms with E-state index in [2.05, 4.69) is 15.6 Å². The van der Waals surface area contributed by atoms with Crippen LogP contribution in [0.1, 0.15) is 20.0 Å². The van der Waals surface area contributed by atoms with Crippen LogP contribution in [0.3, 0.4) is 0 Å². The van der Waals surface area contributed by atoms with Crippen molar-refractivity contribution >= 4 is 56.2 Å². The van der Waals surface area contributed by atoms with Crippen LogP contribution in [0.5, 0.6) is 0 Å². The molecule has 2 aromatic carbocycles. The molecule has 2 amide bonds. The summed E-state index contributed by atoms with van der Waals surface area (Å²) in [6.45, 7) is 0. The Morgan fingerprint density at radius 1 is 0.857 bits per heavy atom. The van der Waals surface area contributed by atoms with E-state index in [1.54, 1.807) is 48.8 Å². The van der Waals surface area contributed by atoms with Gasteiger partial charge in [0.15, 0.2) is 0 Å². The monoisotopic (exact) mass is 407 g/mol. The summed E-state index contributed by atoms with van der Waals surface area (Å²) in [6, 6.07) is 17.7. The molecule has 2 heterocycles. The number of halogens is 1. The van der Waals surface area contributed by atoms with Gasteiger partial charge in [0.2, 0.25) is 0 Å². The van der Waals surface area contributed by atoms with Crippen molar-refractivity contribution in [2.24, 2.45) is 0 Å². The molecule has 0 bridgehead atoms.